The fraction of sp³-hybridized carbons (Fsp3) is 0.211. The van der Waals surface area contributed by atoms with Gasteiger partial charge in [0, 0.05) is 23.1 Å². The van der Waals surface area contributed by atoms with Crippen LogP contribution in [0.3, 0.4) is 0 Å². The largest absolute Gasteiger partial charge is 0.457 e. The number of likely N-dealkylation sites (N-methyl/N-ethyl adjacent to an activating group) is 2. The van der Waals surface area contributed by atoms with E-state index in [1.54, 1.807) is 18.2 Å². The Morgan fingerprint density at radius 2 is 1.74 bits per heavy atom. The summed E-state index contributed by atoms with van der Waals surface area (Å²) in [5.74, 6) is 0.159. The number of carbonyl (C=O) groups excluding carboxylic acids is 2. The van der Waals surface area contributed by atoms with Crippen molar-refractivity contribution < 1.29 is 14.0 Å². The van der Waals surface area contributed by atoms with Gasteiger partial charge in [-0.3, -0.25) is 19.4 Å². The van der Waals surface area contributed by atoms with Crippen LogP contribution in [0.1, 0.15) is 19.6 Å². The van der Waals surface area contributed by atoms with Gasteiger partial charge in [-0.05, 0) is 72.3 Å². The van der Waals surface area contributed by atoms with Crippen molar-refractivity contribution in [2.75, 3.05) is 13.1 Å². The van der Waals surface area contributed by atoms with Gasteiger partial charge in [0.15, 0.2) is 5.11 Å². The van der Waals surface area contributed by atoms with Crippen LogP contribution in [0.15, 0.2) is 44.8 Å². The fourth-order valence-electron chi connectivity index (χ4n) is 2.76. The molecule has 2 aromatic rings. The minimum atomic E-state index is -0.415. The number of rotatable bonds is 4. The van der Waals surface area contributed by atoms with Crippen LogP contribution in [0.5, 0.6) is 0 Å². The number of carbonyl (C=O) groups is 2. The maximum Gasteiger partial charge on any atom is 0.265 e. The van der Waals surface area contributed by atoms with Crippen LogP contribution in [0.4, 0.5) is 0 Å². The minimum absolute atomic E-state index is 0.0297. The maximum atomic E-state index is 12.7. The Bertz CT molecular complexity index is 942. The smallest absolute Gasteiger partial charge is 0.265 e. The predicted molar refractivity (Wildman–Crippen MR) is 112 cm³/mol. The zero-order valence-electron chi connectivity index (χ0n) is 14.7. The lowest BCUT2D eigenvalue weighted by Crippen LogP contribution is -2.55. The van der Waals surface area contributed by atoms with Crippen molar-refractivity contribution in [3.63, 3.8) is 0 Å². The Morgan fingerprint density at radius 3 is 2.30 bits per heavy atom. The molecule has 140 valence electrons. The van der Waals surface area contributed by atoms with Crippen LogP contribution in [-0.2, 0) is 9.59 Å². The average Bonchev–Trinajstić information content (AvgIpc) is 3.10. The molecular formula is C19H16BrClN2O3S. The van der Waals surface area contributed by atoms with E-state index in [9.17, 15) is 9.59 Å². The van der Waals surface area contributed by atoms with Crippen molar-refractivity contribution in [2.45, 2.75) is 13.8 Å². The number of hydrogen-bond acceptors (Lipinski definition) is 4. The lowest BCUT2D eigenvalue weighted by atomic mass is 10.1. The van der Waals surface area contributed by atoms with Gasteiger partial charge in [0.2, 0.25) is 0 Å². The van der Waals surface area contributed by atoms with Gasteiger partial charge in [0.1, 0.15) is 17.1 Å². The molecule has 0 atom stereocenters. The highest BCUT2D eigenvalue weighted by molar-refractivity contribution is 9.10. The van der Waals surface area contributed by atoms with E-state index >= 15 is 0 Å². The van der Waals surface area contributed by atoms with Gasteiger partial charge in [-0.25, -0.2) is 0 Å². The van der Waals surface area contributed by atoms with E-state index in [1.165, 1.54) is 15.9 Å². The van der Waals surface area contributed by atoms with Gasteiger partial charge in [-0.2, -0.15) is 0 Å². The molecule has 27 heavy (non-hydrogen) atoms. The normalized spacial score (nSPS) is 15.0. The molecule has 1 aliphatic heterocycles. The third-order valence-electron chi connectivity index (χ3n) is 4.16. The Morgan fingerprint density at radius 1 is 1.11 bits per heavy atom. The van der Waals surface area contributed by atoms with Crippen molar-refractivity contribution >= 4 is 62.8 Å². The molecule has 0 aliphatic carbocycles. The molecule has 1 fully saturated rings. The summed E-state index contributed by atoms with van der Waals surface area (Å²) in [7, 11) is 0. The molecule has 0 unspecified atom stereocenters. The van der Waals surface area contributed by atoms with Gasteiger partial charge in [-0.15, -0.1) is 0 Å². The third kappa shape index (κ3) is 3.72. The third-order valence-corrected chi connectivity index (χ3v) is 5.84. The van der Waals surface area contributed by atoms with Crippen molar-refractivity contribution in [1.82, 2.24) is 9.80 Å². The summed E-state index contributed by atoms with van der Waals surface area (Å²) in [6, 6.07) is 8.93. The van der Waals surface area contributed by atoms with Crippen molar-refractivity contribution in [3.05, 3.63) is 51.2 Å². The lowest BCUT2D eigenvalue weighted by molar-refractivity contribution is -0.133. The summed E-state index contributed by atoms with van der Waals surface area (Å²) in [6.07, 6.45) is 1.46. The van der Waals surface area contributed by atoms with Crippen LogP contribution >= 0.6 is 39.7 Å². The molecule has 0 saturated carbocycles. The van der Waals surface area contributed by atoms with Crippen molar-refractivity contribution in [3.8, 4) is 11.3 Å². The molecule has 8 heteroatoms. The maximum absolute atomic E-state index is 12.7. The summed E-state index contributed by atoms with van der Waals surface area (Å²) in [5, 5.41) is 0.795. The molecule has 1 saturated heterocycles. The highest BCUT2D eigenvalue weighted by Crippen LogP contribution is 2.30. The summed E-state index contributed by atoms with van der Waals surface area (Å²) in [4.78, 5) is 28.1. The summed E-state index contributed by atoms with van der Waals surface area (Å²) in [5.41, 5.74) is 0.822. The zero-order valence-corrected chi connectivity index (χ0v) is 17.8. The van der Waals surface area contributed by atoms with Crippen molar-refractivity contribution in [2.24, 2.45) is 0 Å². The van der Waals surface area contributed by atoms with E-state index in [0.29, 0.717) is 29.6 Å². The molecule has 3 rings (SSSR count). The van der Waals surface area contributed by atoms with E-state index in [2.05, 4.69) is 15.9 Å². The van der Waals surface area contributed by atoms with E-state index < -0.39 is 11.8 Å². The number of nitrogens with zero attached hydrogens (tertiary/aromatic N) is 2. The number of halogens is 2. The summed E-state index contributed by atoms with van der Waals surface area (Å²) >= 11 is 14.7. The van der Waals surface area contributed by atoms with Crippen LogP contribution < -0.4 is 0 Å². The molecule has 2 heterocycles. The summed E-state index contributed by atoms with van der Waals surface area (Å²) in [6.45, 7) is 4.40. The number of benzene rings is 1. The second kappa shape index (κ2) is 7.96. The quantitative estimate of drug-likeness (QED) is 0.370. The molecule has 0 bridgehead atoms. The van der Waals surface area contributed by atoms with Crippen LogP contribution in [0.2, 0.25) is 5.02 Å². The van der Waals surface area contributed by atoms with E-state index in [4.69, 9.17) is 28.2 Å². The molecule has 0 radical (unpaired) electrons. The van der Waals surface area contributed by atoms with Crippen LogP contribution in [0.25, 0.3) is 17.4 Å². The Balaban J connectivity index is 1.97. The first kappa shape index (κ1) is 19.8. The molecular weight excluding hydrogens is 452 g/mol. The molecule has 1 aromatic carbocycles. The van der Waals surface area contributed by atoms with E-state index in [0.717, 1.165) is 10.0 Å². The van der Waals surface area contributed by atoms with Crippen molar-refractivity contribution in [1.29, 1.82) is 0 Å². The van der Waals surface area contributed by atoms with Crippen LogP contribution in [0, 0.1) is 0 Å². The minimum Gasteiger partial charge on any atom is -0.457 e. The lowest BCUT2D eigenvalue weighted by Gasteiger charge is -2.35. The number of hydrogen-bond donors (Lipinski definition) is 0. The standard InChI is InChI=1S/C19H16BrClN2O3S/c1-3-22-17(24)13(18(25)23(4-2)19(22)27)10-12-6-8-16(26-12)11-5-7-14(20)15(21)9-11/h5-10H,3-4H2,1-2H3. The van der Waals surface area contributed by atoms with Gasteiger partial charge in [0.25, 0.3) is 11.8 Å². The Labute approximate surface area is 175 Å². The molecule has 1 aromatic heterocycles. The topological polar surface area (TPSA) is 53.8 Å². The van der Waals surface area contributed by atoms with Gasteiger partial charge in [0.05, 0.1) is 5.02 Å². The molecule has 1 aliphatic rings. The second-order valence-electron chi connectivity index (χ2n) is 5.77. The molecule has 2 amide bonds. The number of thiocarbonyl (C=S) groups is 1. The zero-order chi connectivity index (χ0) is 19.7. The number of furan rings is 1. The highest BCUT2D eigenvalue weighted by Gasteiger charge is 2.38. The van der Waals surface area contributed by atoms with E-state index in [-0.39, 0.29) is 10.7 Å². The Kier molecular flexibility index (Phi) is 5.83. The Hall–Kier alpha value is -1.96. The van der Waals surface area contributed by atoms with Gasteiger partial charge >= 0.3 is 0 Å². The first-order chi connectivity index (χ1) is 12.9. The van der Waals surface area contributed by atoms with E-state index in [1.807, 2.05) is 26.0 Å². The van der Waals surface area contributed by atoms with Crippen LogP contribution in [-0.4, -0.2) is 39.8 Å². The second-order valence-corrected chi connectivity index (χ2v) is 7.40. The number of amides is 2. The molecule has 0 spiro atoms. The molecule has 5 nitrogen and oxygen atoms in total. The highest BCUT2D eigenvalue weighted by atomic mass is 79.9. The average molecular weight is 468 g/mol. The predicted octanol–water partition coefficient (Wildman–Crippen LogP) is 4.74. The first-order valence-corrected chi connectivity index (χ1v) is 9.89. The first-order valence-electron chi connectivity index (χ1n) is 8.32. The summed E-state index contributed by atoms with van der Waals surface area (Å²) < 4.78 is 6.59. The van der Waals surface area contributed by atoms with Gasteiger partial charge in [-0.1, -0.05) is 17.7 Å². The SMILES string of the molecule is CCN1C(=O)C(=Cc2ccc(-c3ccc(Br)c(Cl)c3)o2)C(=O)N(CC)C1=S. The van der Waals surface area contributed by atoms with Gasteiger partial charge < -0.3 is 4.42 Å². The molecule has 0 N–H and O–H groups in total. The monoisotopic (exact) mass is 466 g/mol. The fourth-order valence-corrected chi connectivity index (χ4v) is 3.61.